The summed E-state index contributed by atoms with van der Waals surface area (Å²) in [6.45, 7) is 46.7. The zero-order chi connectivity index (χ0) is 85.8. The Kier molecular flexibility index (Phi) is 31.9. The van der Waals surface area contributed by atoms with Crippen molar-refractivity contribution in [1.82, 2.24) is 69.3 Å². The Hall–Kier alpha value is -11.3. The predicted octanol–water partition coefficient (Wildman–Crippen LogP) is 10.4. The molecule has 35 heteroatoms. The van der Waals surface area contributed by atoms with Crippen molar-refractivity contribution in [2.45, 2.75) is 120 Å². The van der Waals surface area contributed by atoms with Gasteiger partial charge in [-0.2, -0.15) is 83.6 Å². The van der Waals surface area contributed by atoms with Crippen LogP contribution < -0.4 is 43.6 Å². The molecule has 6 fully saturated rings. The Morgan fingerprint density at radius 2 is 0.770 bits per heavy atom. The molecule has 5 aromatic heterocycles. The van der Waals surface area contributed by atoms with Gasteiger partial charge in [-0.3, -0.25) is 24.4 Å². The number of aromatic nitrogens is 8. The first-order chi connectivity index (χ1) is 59.8. The zero-order valence-corrected chi connectivity index (χ0v) is 74.8. The van der Waals surface area contributed by atoms with Gasteiger partial charge in [0, 0.05) is 154 Å². The van der Waals surface area contributed by atoms with Crippen LogP contribution in [-0.2, 0) is 59.5 Å². The van der Waals surface area contributed by atoms with Gasteiger partial charge >= 0.3 is 24.2 Å². The van der Waals surface area contributed by atoms with Crippen LogP contribution in [0.1, 0.15) is 77.9 Å². The number of ether oxygens (including phenoxy) is 3. The Balaban J connectivity index is 0.000000170. The summed E-state index contributed by atoms with van der Waals surface area (Å²) in [5.41, 5.74) is 9.33. The lowest BCUT2D eigenvalue weighted by atomic mass is 10.0. The number of halogens is 3. The van der Waals surface area contributed by atoms with E-state index in [1.54, 1.807) is 25.7 Å². The minimum atomic E-state index is -4.48. The fraction of sp³-hybridized carbons (Fsp3) is 0.473. The van der Waals surface area contributed by atoms with Crippen LogP contribution in [0.15, 0.2) is 135 Å². The lowest BCUT2D eigenvalue weighted by Gasteiger charge is -2.41. The van der Waals surface area contributed by atoms with Crippen LogP contribution in [-0.4, -0.2) is 282 Å². The molecule has 0 radical (unpaired) electrons. The van der Waals surface area contributed by atoms with Gasteiger partial charge in [-0.05, 0) is 165 Å². The Morgan fingerprint density at radius 3 is 1.15 bits per heavy atom. The molecular formula is C91H112F3N23O6S3. The minimum Gasteiger partial charge on any atom is -0.462 e. The van der Waals surface area contributed by atoms with Crippen LogP contribution in [0.5, 0.6) is 18.0 Å². The third kappa shape index (κ3) is 21.2. The van der Waals surface area contributed by atoms with Crippen molar-refractivity contribution < 1.29 is 41.8 Å². The average Bonchev–Trinajstić information content (AvgIpc) is 0.779. The third-order valence-electron chi connectivity index (χ3n) is 25.4. The normalized spacial score (nSPS) is 20.6. The zero-order valence-electron chi connectivity index (χ0n) is 71.8. The standard InChI is InChI=1S/2C31H36N8O2.C29H34F3N7O2.3H2S/c1-4-29(40)39-17-16-38(19-23(39)18-32-2)30-25-12-15-37(28-11-5-10-26-24(28)9-6-13-33-26)20-27(25)34-31(35-30)41-21-22-8-7-14-36(22)3;1-4-29(40)39-17-16-38(19-23(39)18-32-2)30-25-12-15-37(28-11-13-33-26-10-6-5-9-24(26)28)20-27(25)34-31(35-30)41-21-22-8-7-14-36(22)3;1-4-26(40)39-15-14-38(17-21(39)16-33-2)27-22-11-13-37(25-10-6-5-9-23(25)29(30,31)32)18-24(22)34-28(35-27)41-19-20-8-7-12-36(20)3;;;/h2*4-6,9-11,13,22-23H,1,7-8,12,14-21H2,3H3;4-6,9-10,20-21H,1,7-8,11-19H2,3H3;3*1H2/t2*22-,23?;20-,21?;;;/m000.../s1. The molecule has 126 heavy (non-hydrogen) atoms. The van der Waals surface area contributed by atoms with Gasteiger partial charge in [0.15, 0.2) is 0 Å². The number of likely N-dealkylation sites (tertiary alicyclic amines) is 3. The van der Waals surface area contributed by atoms with E-state index in [9.17, 15) is 27.6 Å². The number of rotatable bonds is 21. The molecule has 3 unspecified atom stereocenters. The lowest BCUT2D eigenvalue weighted by molar-refractivity contribution is -0.137. The van der Waals surface area contributed by atoms with E-state index in [1.165, 1.54) is 43.2 Å². The molecule has 17 rings (SSSR count). The Labute approximate surface area is 756 Å². The molecule has 3 amide bonds. The fourth-order valence-electron chi connectivity index (χ4n) is 18.7. The van der Waals surface area contributed by atoms with E-state index in [-0.39, 0.29) is 120 Å². The highest BCUT2D eigenvalue weighted by Gasteiger charge is 2.42. The van der Waals surface area contributed by atoms with Gasteiger partial charge in [0.25, 0.3) is 0 Å². The molecule has 3 aromatic carbocycles. The lowest BCUT2D eigenvalue weighted by Crippen LogP contribution is -2.56. The van der Waals surface area contributed by atoms with Gasteiger partial charge in [0.05, 0.1) is 53.3 Å². The number of hydrogen-bond acceptors (Lipinski definition) is 23. The summed E-state index contributed by atoms with van der Waals surface area (Å²) >= 11 is 0. The van der Waals surface area contributed by atoms with E-state index in [4.69, 9.17) is 63.8 Å². The van der Waals surface area contributed by atoms with E-state index >= 15 is 0 Å². The highest BCUT2D eigenvalue weighted by atomic mass is 32.1. The molecule has 29 nitrogen and oxygen atoms in total. The fourth-order valence-corrected chi connectivity index (χ4v) is 18.7. The molecule has 8 aromatic rings. The summed E-state index contributed by atoms with van der Waals surface area (Å²) in [6, 6.07) is 27.4. The summed E-state index contributed by atoms with van der Waals surface area (Å²) in [6.07, 6.45) is 11.8. The van der Waals surface area contributed by atoms with Crippen molar-refractivity contribution in [3.8, 4) is 18.0 Å². The van der Waals surface area contributed by atoms with Gasteiger partial charge in [-0.15, -0.1) is 0 Å². The van der Waals surface area contributed by atoms with Crippen LogP contribution in [0.2, 0.25) is 0 Å². The molecule has 0 saturated carbocycles. The second-order valence-electron chi connectivity index (χ2n) is 32.8. The monoisotopic (exact) mass is 1780 g/mol. The summed E-state index contributed by atoms with van der Waals surface area (Å²) < 4.78 is 60.1. The number of piperazine rings is 3. The number of carbonyl (C=O) groups is 3. The topological polar surface area (TPSA) is 234 Å². The summed E-state index contributed by atoms with van der Waals surface area (Å²) in [5, 5.41) is 2.25. The highest BCUT2D eigenvalue weighted by Crippen LogP contribution is 2.42. The van der Waals surface area contributed by atoms with Gasteiger partial charge in [0.2, 0.25) is 37.4 Å². The van der Waals surface area contributed by atoms with Crippen LogP contribution in [0.4, 0.5) is 47.7 Å². The first-order valence-corrected chi connectivity index (χ1v) is 42.6. The Bertz CT molecular complexity index is 5120. The molecule has 666 valence electrons. The van der Waals surface area contributed by atoms with Crippen molar-refractivity contribution in [3.63, 3.8) is 0 Å². The average molecular weight is 1780 g/mol. The van der Waals surface area contributed by atoms with Gasteiger partial charge in [-0.25, -0.2) is 19.7 Å². The van der Waals surface area contributed by atoms with Crippen molar-refractivity contribution in [1.29, 1.82) is 0 Å². The molecule has 0 N–H and O–H groups in total. The molecule has 0 bridgehead atoms. The maximum Gasteiger partial charge on any atom is 0.418 e. The molecule has 6 atom stereocenters. The van der Waals surface area contributed by atoms with Crippen molar-refractivity contribution >= 4 is 115 Å². The molecule has 0 aliphatic carbocycles. The van der Waals surface area contributed by atoms with E-state index in [0.29, 0.717) is 140 Å². The molecule has 6 saturated heterocycles. The second kappa shape index (κ2) is 42.8. The van der Waals surface area contributed by atoms with Crippen molar-refractivity contribution in [2.24, 2.45) is 0 Å². The van der Waals surface area contributed by atoms with E-state index in [0.717, 1.165) is 150 Å². The quantitative estimate of drug-likeness (QED) is 0.0480. The number of likely N-dealkylation sites (N-methyl/N-ethyl adjacent to an activating group) is 3. The van der Waals surface area contributed by atoms with E-state index < -0.39 is 11.7 Å². The number of nitrogens with zero attached hydrogens (tertiary/aromatic N) is 23. The summed E-state index contributed by atoms with van der Waals surface area (Å²) in [7, 11) is 6.33. The molecule has 9 aliphatic heterocycles. The van der Waals surface area contributed by atoms with Gasteiger partial charge in [-0.1, -0.05) is 56.1 Å². The molecular weight excluding hydrogens is 1660 g/mol. The number of benzene rings is 3. The third-order valence-corrected chi connectivity index (χ3v) is 25.4. The number of hydrogen-bond donors (Lipinski definition) is 0. The smallest absolute Gasteiger partial charge is 0.418 e. The number of amides is 3. The van der Waals surface area contributed by atoms with Gasteiger partial charge in [0.1, 0.15) is 55.4 Å². The number of fused-ring (bicyclic) bond motifs is 5. The first kappa shape index (κ1) is 93.9. The van der Waals surface area contributed by atoms with Crippen LogP contribution in [0.3, 0.4) is 0 Å². The number of anilines is 6. The Morgan fingerprint density at radius 1 is 0.421 bits per heavy atom. The molecule has 14 heterocycles. The van der Waals surface area contributed by atoms with E-state index in [2.05, 4.69) is 135 Å². The van der Waals surface area contributed by atoms with Gasteiger partial charge < -0.3 is 87.5 Å². The maximum absolute atomic E-state index is 13.8. The van der Waals surface area contributed by atoms with E-state index in [1.807, 2.05) is 42.7 Å². The highest BCUT2D eigenvalue weighted by molar-refractivity contribution is 7.59. The number of alkyl halides is 3. The molecule has 9 aliphatic rings. The minimum absolute atomic E-state index is 0. The first-order valence-electron chi connectivity index (χ1n) is 42.6. The van der Waals surface area contributed by atoms with Crippen LogP contribution in [0.25, 0.3) is 36.3 Å². The van der Waals surface area contributed by atoms with Crippen LogP contribution in [0, 0.1) is 19.7 Å². The molecule has 0 spiro atoms. The number of pyridine rings is 2. The predicted molar refractivity (Wildman–Crippen MR) is 498 cm³/mol. The SMILES string of the molecule is S.S.S.[C-]#[N+]CC1CN(c2nc(OC[C@@H]3CCCN3C)nc3c2CCN(c2cccc4ncccc24)C3)CCN1C(=O)C=C.[C-]#[N+]CC1CN(c2nc(OC[C@@H]3CCCN3C)nc3c2CCN(c2ccccc2C(F)(F)F)C3)CCN1C(=O)C=C.[C-]#[N+]CC1CN(c2nc(OC[C@@H]3CCCN3C)nc3c2CCN(c2ccnc4ccccc24)C3)CCN1C(=O)C=C. The largest absolute Gasteiger partial charge is 0.462 e. The van der Waals surface area contributed by atoms with Crippen LogP contribution >= 0.6 is 40.5 Å². The number of carbonyl (C=O) groups excluding carboxylic acids is 3. The summed E-state index contributed by atoms with van der Waals surface area (Å²) in [4.78, 5) is 112. The van der Waals surface area contributed by atoms with Crippen molar-refractivity contribution in [3.05, 3.63) is 209 Å². The second-order valence-corrected chi connectivity index (χ2v) is 32.8. The number of para-hydroxylation sites is 2. The maximum atomic E-state index is 13.8. The van der Waals surface area contributed by atoms with Crippen molar-refractivity contribution in [2.75, 3.05) is 188 Å². The summed E-state index contributed by atoms with van der Waals surface area (Å²) in [5.74, 6) is 1.91.